The highest BCUT2D eigenvalue weighted by Crippen LogP contribution is 2.76. The molecule has 9 unspecified atom stereocenters. The number of allylic oxidation sites excluding steroid dienone is 2. The Balaban J connectivity index is 1.61. The van der Waals surface area contributed by atoms with Crippen molar-refractivity contribution < 1.29 is 19.1 Å². The standard InChI is InChI=1S/C33H49NO4/c1-9-34-33-17-15-30(7)26(31(33,8)13-12-25(21(33)4)38-22(5)36)11-10-23-28-27(20(2)3)24(37)18-32(28,19-35)16-14-29(23,30)6/h9,19-21,23,25-26H,10-18H2,1-8H3. The lowest BCUT2D eigenvalue weighted by Gasteiger charge is -2.73. The fourth-order valence-corrected chi connectivity index (χ4v) is 11.2. The Morgan fingerprint density at radius 1 is 1.00 bits per heavy atom. The number of rotatable bonds is 4. The number of hydrogen-bond donors (Lipinski definition) is 0. The average molecular weight is 524 g/mol. The quantitative estimate of drug-likeness (QED) is 0.228. The van der Waals surface area contributed by atoms with Gasteiger partial charge in [0.05, 0.1) is 11.0 Å². The van der Waals surface area contributed by atoms with Gasteiger partial charge in [-0.05, 0) is 110 Å². The second-order valence-electron chi connectivity index (χ2n) is 14.6. The topological polar surface area (TPSA) is 72.8 Å². The molecule has 5 nitrogen and oxygen atoms in total. The number of fused-ring (bicyclic) bond motifs is 7. The zero-order chi connectivity index (χ0) is 27.9. The third kappa shape index (κ3) is 3.28. The summed E-state index contributed by atoms with van der Waals surface area (Å²) in [6.07, 6.45) is 11.3. The van der Waals surface area contributed by atoms with E-state index in [1.165, 1.54) is 12.5 Å². The summed E-state index contributed by atoms with van der Waals surface area (Å²) in [5.41, 5.74) is 1.48. The number of esters is 1. The lowest BCUT2D eigenvalue weighted by molar-refractivity contribution is -0.221. The van der Waals surface area contributed by atoms with E-state index < -0.39 is 5.41 Å². The van der Waals surface area contributed by atoms with Crippen LogP contribution in [0.5, 0.6) is 0 Å². The van der Waals surface area contributed by atoms with Gasteiger partial charge in [-0.25, -0.2) is 0 Å². The molecule has 38 heavy (non-hydrogen) atoms. The molecule has 0 N–H and O–H groups in total. The Labute approximate surface area is 229 Å². The smallest absolute Gasteiger partial charge is 0.302 e. The maximum atomic E-state index is 13.3. The van der Waals surface area contributed by atoms with Gasteiger partial charge >= 0.3 is 5.97 Å². The van der Waals surface area contributed by atoms with Crippen molar-refractivity contribution in [2.75, 3.05) is 0 Å². The first kappa shape index (κ1) is 27.8. The Morgan fingerprint density at radius 3 is 2.29 bits per heavy atom. The summed E-state index contributed by atoms with van der Waals surface area (Å²) in [4.78, 5) is 43.3. The van der Waals surface area contributed by atoms with Gasteiger partial charge in [-0.2, -0.15) is 0 Å². The highest BCUT2D eigenvalue weighted by molar-refractivity contribution is 6.03. The van der Waals surface area contributed by atoms with E-state index in [9.17, 15) is 14.4 Å². The van der Waals surface area contributed by atoms with Crippen molar-refractivity contribution in [2.45, 2.75) is 125 Å². The van der Waals surface area contributed by atoms with Crippen molar-refractivity contribution in [3.05, 3.63) is 11.1 Å². The van der Waals surface area contributed by atoms with Crippen LogP contribution in [0.25, 0.3) is 0 Å². The van der Waals surface area contributed by atoms with Gasteiger partial charge in [0.2, 0.25) is 0 Å². The monoisotopic (exact) mass is 523 g/mol. The van der Waals surface area contributed by atoms with Crippen LogP contribution in [-0.4, -0.2) is 35.9 Å². The maximum absolute atomic E-state index is 13.3. The highest BCUT2D eigenvalue weighted by Gasteiger charge is 2.72. The minimum absolute atomic E-state index is 0.00347. The van der Waals surface area contributed by atoms with Crippen LogP contribution in [0.3, 0.4) is 0 Å². The van der Waals surface area contributed by atoms with Crippen molar-refractivity contribution in [3.63, 3.8) is 0 Å². The molecule has 4 saturated carbocycles. The number of ketones is 1. The fraction of sp³-hybridized carbons (Fsp3) is 0.818. The molecule has 0 saturated heterocycles. The Morgan fingerprint density at radius 2 is 1.68 bits per heavy atom. The lowest BCUT2D eigenvalue weighted by atomic mass is 9.32. The third-order valence-electron chi connectivity index (χ3n) is 13.2. The van der Waals surface area contributed by atoms with Gasteiger partial charge in [0.15, 0.2) is 5.78 Å². The molecule has 0 aromatic carbocycles. The zero-order valence-corrected chi connectivity index (χ0v) is 25.0. The van der Waals surface area contributed by atoms with Crippen molar-refractivity contribution in [2.24, 2.45) is 50.3 Å². The van der Waals surface area contributed by atoms with Gasteiger partial charge in [-0.3, -0.25) is 14.6 Å². The van der Waals surface area contributed by atoms with E-state index in [0.717, 1.165) is 63.2 Å². The Hall–Kier alpha value is -1.78. The molecule has 5 aliphatic carbocycles. The second kappa shape index (κ2) is 8.86. The van der Waals surface area contributed by atoms with Crippen LogP contribution in [0, 0.1) is 45.3 Å². The third-order valence-corrected chi connectivity index (χ3v) is 13.2. The molecular formula is C33H49NO4. The molecular weight excluding hydrogens is 474 g/mol. The summed E-state index contributed by atoms with van der Waals surface area (Å²) in [6.45, 7) is 17.6. The second-order valence-corrected chi connectivity index (χ2v) is 14.6. The number of hydrogen-bond acceptors (Lipinski definition) is 5. The molecule has 9 atom stereocenters. The molecule has 210 valence electrons. The summed E-state index contributed by atoms with van der Waals surface area (Å²) in [7, 11) is 0. The number of Topliss-reactive ketones (excluding diaryl/α,β-unsaturated/α-hetero) is 1. The zero-order valence-electron chi connectivity index (χ0n) is 25.0. The largest absolute Gasteiger partial charge is 0.462 e. The number of aldehydes is 1. The summed E-state index contributed by atoms with van der Waals surface area (Å²) in [6, 6.07) is 0. The summed E-state index contributed by atoms with van der Waals surface area (Å²) in [5, 5.41) is 0. The molecule has 4 fully saturated rings. The number of carbonyl (C=O) groups is 3. The minimum Gasteiger partial charge on any atom is -0.462 e. The number of nitrogens with zero attached hydrogens (tertiary/aromatic N) is 1. The van der Waals surface area contributed by atoms with Crippen molar-refractivity contribution >= 4 is 24.3 Å². The summed E-state index contributed by atoms with van der Waals surface area (Å²) < 4.78 is 5.87. The average Bonchev–Trinajstić information content (AvgIpc) is 3.16. The first-order chi connectivity index (χ1) is 17.8. The molecule has 0 aromatic heterocycles. The molecule has 0 heterocycles. The lowest BCUT2D eigenvalue weighted by Crippen LogP contribution is -2.70. The van der Waals surface area contributed by atoms with E-state index in [1.54, 1.807) is 0 Å². The van der Waals surface area contributed by atoms with Crippen LogP contribution >= 0.6 is 0 Å². The molecule has 0 aliphatic heterocycles. The van der Waals surface area contributed by atoms with Gasteiger partial charge in [0.25, 0.3) is 0 Å². The number of aliphatic imine (C=N–C) groups is 1. The summed E-state index contributed by atoms with van der Waals surface area (Å²) in [5.74, 6) is 1.10. The highest BCUT2D eigenvalue weighted by atomic mass is 16.5. The first-order valence-corrected chi connectivity index (χ1v) is 15.2. The minimum atomic E-state index is -0.574. The van der Waals surface area contributed by atoms with Gasteiger partial charge in [0.1, 0.15) is 12.4 Å². The SMILES string of the molecule is CC=NC12CCC3(C)C(CCC4C5=C(C(C)C)C(=O)CC5(C=O)CCC43C)C1(C)CCC(OC(C)=O)C2C. The van der Waals surface area contributed by atoms with E-state index in [4.69, 9.17) is 9.73 Å². The van der Waals surface area contributed by atoms with E-state index in [2.05, 4.69) is 41.5 Å². The predicted octanol–water partition coefficient (Wildman–Crippen LogP) is 6.92. The van der Waals surface area contributed by atoms with Gasteiger partial charge in [0, 0.05) is 19.3 Å². The molecule has 0 amide bonds. The Bertz CT molecular complexity index is 1110. The van der Waals surface area contributed by atoms with E-state index >= 15 is 0 Å². The van der Waals surface area contributed by atoms with Crippen LogP contribution < -0.4 is 0 Å². The normalized spacial score (nSPS) is 48.4. The van der Waals surface area contributed by atoms with Crippen molar-refractivity contribution in [3.8, 4) is 0 Å². The molecule has 0 spiro atoms. The van der Waals surface area contributed by atoms with Crippen LogP contribution in [-0.2, 0) is 19.1 Å². The van der Waals surface area contributed by atoms with E-state index in [0.29, 0.717) is 12.3 Å². The molecule has 0 bridgehead atoms. The number of carbonyl (C=O) groups excluding carboxylic acids is 3. The Kier molecular flexibility index (Phi) is 6.48. The van der Waals surface area contributed by atoms with Crippen LogP contribution in [0.2, 0.25) is 0 Å². The molecule has 0 aromatic rings. The summed E-state index contributed by atoms with van der Waals surface area (Å²) >= 11 is 0. The molecule has 0 radical (unpaired) electrons. The van der Waals surface area contributed by atoms with Crippen LogP contribution in [0.1, 0.15) is 113 Å². The van der Waals surface area contributed by atoms with Crippen LogP contribution in [0.15, 0.2) is 16.1 Å². The van der Waals surface area contributed by atoms with E-state index in [1.807, 2.05) is 13.1 Å². The van der Waals surface area contributed by atoms with Gasteiger partial charge < -0.3 is 9.53 Å². The van der Waals surface area contributed by atoms with E-state index in [-0.39, 0.29) is 57.4 Å². The molecule has 5 rings (SSSR count). The maximum Gasteiger partial charge on any atom is 0.302 e. The number of ether oxygens (including phenoxy) is 1. The van der Waals surface area contributed by atoms with Gasteiger partial charge in [-0.15, -0.1) is 0 Å². The van der Waals surface area contributed by atoms with Gasteiger partial charge in [-0.1, -0.05) is 41.5 Å². The fourth-order valence-electron chi connectivity index (χ4n) is 11.2. The van der Waals surface area contributed by atoms with Crippen molar-refractivity contribution in [1.82, 2.24) is 0 Å². The molecule has 5 aliphatic rings. The van der Waals surface area contributed by atoms with Crippen molar-refractivity contribution in [1.29, 1.82) is 0 Å². The predicted molar refractivity (Wildman–Crippen MR) is 150 cm³/mol. The molecule has 5 heteroatoms. The van der Waals surface area contributed by atoms with Crippen LogP contribution in [0.4, 0.5) is 0 Å². The first-order valence-electron chi connectivity index (χ1n) is 15.2.